The Morgan fingerprint density at radius 3 is 2.67 bits per heavy atom. The fourth-order valence-corrected chi connectivity index (χ4v) is 1.94. The van der Waals surface area contributed by atoms with E-state index >= 15 is 0 Å². The molecule has 0 aromatic heterocycles. The zero-order chi connectivity index (χ0) is 13.0. The van der Waals surface area contributed by atoms with Crippen molar-refractivity contribution < 1.29 is 9.59 Å². The molecule has 1 aromatic carbocycles. The van der Waals surface area contributed by atoms with E-state index in [1.165, 1.54) is 0 Å². The van der Waals surface area contributed by atoms with E-state index in [2.05, 4.69) is 16.0 Å². The molecule has 0 bridgehead atoms. The molecule has 2 amide bonds. The molecular weight excluding hydrogens is 230 g/mol. The maximum atomic E-state index is 11.9. The second kappa shape index (κ2) is 5.53. The highest BCUT2D eigenvalue weighted by atomic mass is 16.2. The number of amides is 2. The number of hydrogen-bond donors (Lipinski definition) is 3. The molecule has 1 unspecified atom stereocenters. The van der Waals surface area contributed by atoms with Gasteiger partial charge in [-0.1, -0.05) is 0 Å². The fraction of sp³-hybridized carbons (Fsp3) is 0.385. The minimum Gasteiger partial charge on any atom is -0.388 e. The zero-order valence-electron chi connectivity index (χ0n) is 10.3. The molecule has 18 heavy (non-hydrogen) atoms. The van der Waals surface area contributed by atoms with E-state index in [-0.39, 0.29) is 11.8 Å². The van der Waals surface area contributed by atoms with E-state index in [0.29, 0.717) is 18.5 Å². The topological polar surface area (TPSA) is 70.2 Å². The Bertz CT molecular complexity index is 442. The molecule has 0 spiro atoms. The van der Waals surface area contributed by atoms with Gasteiger partial charge >= 0.3 is 0 Å². The summed E-state index contributed by atoms with van der Waals surface area (Å²) in [6, 6.07) is 6.73. The average Bonchev–Trinajstić information content (AvgIpc) is 2.41. The van der Waals surface area contributed by atoms with Gasteiger partial charge in [-0.05, 0) is 37.1 Å². The summed E-state index contributed by atoms with van der Waals surface area (Å²) >= 11 is 0. The Labute approximate surface area is 106 Å². The number of anilines is 1. The van der Waals surface area contributed by atoms with Crippen LogP contribution in [0.5, 0.6) is 0 Å². The summed E-state index contributed by atoms with van der Waals surface area (Å²) in [4.78, 5) is 23.5. The lowest BCUT2D eigenvalue weighted by Crippen LogP contribution is -2.50. The van der Waals surface area contributed by atoms with Crippen molar-refractivity contribution in [2.75, 3.05) is 18.9 Å². The third-order valence-corrected chi connectivity index (χ3v) is 3.03. The average molecular weight is 247 g/mol. The lowest BCUT2D eigenvalue weighted by atomic mass is 10.1. The van der Waals surface area contributed by atoms with Gasteiger partial charge in [-0.15, -0.1) is 0 Å². The molecule has 0 radical (unpaired) electrons. The van der Waals surface area contributed by atoms with Gasteiger partial charge in [0.25, 0.3) is 5.91 Å². The van der Waals surface area contributed by atoms with Crippen molar-refractivity contribution >= 4 is 17.5 Å². The van der Waals surface area contributed by atoms with Gasteiger partial charge in [0.2, 0.25) is 5.91 Å². The second-order valence-electron chi connectivity index (χ2n) is 4.29. The van der Waals surface area contributed by atoms with Crippen molar-refractivity contribution in [2.45, 2.75) is 18.9 Å². The van der Waals surface area contributed by atoms with Crippen molar-refractivity contribution in [1.29, 1.82) is 0 Å². The summed E-state index contributed by atoms with van der Waals surface area (Å²) in [6.07, 6.45) is 1.60. The lowest BCUT2D eigenvalue weighted by Gasteiger charge is -2.22. The summed E-state index contributed by atoms with van der Waals surface area (Å²) in [5, 5.41) is 8.48. The first-order valence-corrected chi connectivity index (χ1v) is 6.07. The van der Waals surface area contributed by atoms with Gasteiger partial charge in [0.05, 0.1) is 0 Å². The third-order valence-electron chi connectivity index (χ3n) is 3.03. The molecule has 1 saturated heterocycles. The maximum Gasteiger partial charge on any atom is 0.251 e. The van der Waals surface area contributed by atoms with Crippen LogP contribution in [0.3, 0.4) is 0 Å². The summed E-state index contributed by atoms with van der Waals surface area (Å²) < 4.78 is 0. The van der Waals surface area contributed by atoms with Gasteiger partial charge in [-0.2, -0.15) is 0 Å². The molecule has 0 saturated carbocycles. The molecule has 3 N–H and O–H groups in total. The van der Waals surface area contributed by atoms with E-state index in [1.807, 2.05) is 19.2 Å². The first kappa shape index (κ1) is 12.4. The van der Waals surface area contributed by atoms with Crippen LogP contribution in [-0.2, 0) is 4.79 Å². The first-order valence-electron chi connectivity index (χ1n) is 6.07. The van der Waals surface area contributed by atoms with Crippen LogP contribution in [0.25, 0.3) is 0 Å². The summed E-state index contributed by atoms with van der Waals surface area (Å²) in [6.45, 7) is 0.696. The second-order valence-corrected chi connectivity index (χ2v) is 4.29. The molecule has 1 aliphatic rings. The first-order chi connectivity index (χ1) is 8.70. The fourth-order valence-electron chi connectivity index (χ4n) is 1.94. The number of nitrogens with one attached hydrogen (secondary N) is 3. The van der Waals surface area contributed by atoms with Crippen molar-refractivity contribution in [3.63, 3.8) is 0 Å². The van der Waals surface area contributed by atoms with E-state index in [1.54, 1.807) is 12.1 Å². The highest BCUT2D eigenvalue weighted by molar-refractivity contribution is 5.97. The smallest absolute Gasteiger partial charge is 0.251 e. The van der Waals surface area contributed by atoms with Crippen LogP contribution in [0, 0.1) is 0 Å². The van der Waals surface area contributed by atoms with Gasteiger partial charge in [-0.25, -0.2) is 0 Å². The minimum atomic E-state index is -0.407. The van der Waals surface area contributed by atoms with Crippen molar-refractivity contribution in [1.82, 2.24) is 10.6 Å². The van der Waals surface area contributed by atoms with Gasteiger partial charge < -0.3 is 16.0 Å². The molecule has 5 nitrogen and oxygen atoms in total. The Hall–Kier alpha value is -2.04. The van der Waals surface area contributed by atoms with Crippen LogP contribution in [0.2, 0.25) is 0 Å². The quantitative estimate of drug-likeness (QED) is 0.737. The molecule has 1 aliphatic heterocycles. The highest BCUT2D eigenvalue weighted by Crippen LogP contribution is 2.10. The van der Waals surface area contributed by atoms with E-state index in [0.717, 1.165) is 12.1 Å². The minimum absolute atomic E-state index is 0.0959. The molecule has 2 rings (SSSR count). The van der Waals surface area contributed by atoms with Gasteiger partial charge in [0, 0.05) is 24.8 Å². The molecule has 5 heteroatoms. The molecule has 1 atom stereocenters. The van der Waals surface area contributed by atoms with E-state index < -0.39 is 6.04 Å². The largest absolute Gasteiger partial charge is 0.388 e. The van der Waals surface area contributed by atoms with Crippen LogP contribution >= 0.6 is 0 Å². The zero-order valence-corrected chi connectivity index (χ0v) is 10.3. The van der Waals surface area contributed by atoms with Gasteiger partial charge in [0.15, 0.2) is 0 Å². The van der Waals surface area contributed by atoms with E-state index in [4.69, 9.17) is 0 Å². The molecule has 1 aromatic rings. The maximum absolute atomic E-state index is 11.9. The Balaban J connectivity index is 2.00. The molecular formula is C13H17N3O2. The standard InChI is InChI=1S/C13H17N3O2/c1-14-10-6-4-9(5-7-10)12(17)16-11-3-2-8-15-13(11)18/h4-7,11,14H,2-3,8H2,1H3,(H,15,18)(H,16,17). The highest BCUT2D eigenvalue weighted by Gasteiger charge is 2.23. The van der Waals surface area contributed by atoms with Crippen molar-refractivity contribution in [3.8, 4) is 0 Å². The Morgan fingerprint density at radius 2 is 2.06 bits per heavy atom. The van der Waals surface area contributed by atoms with Crippen LogP contribution < -0.4 is 16.0 Å². The molecule has 0 aliphatic carbocycles. The normalized spacial score (nSPS) is 18.9. The van der Waals surface area contributed by atoms with Crippen LogP contribution in [-0.4, -0.2) is 31.4 Å². The summed E-state index contributed by atoms with van der Waals surface area (Å²) in [7, 11) is 1.82. The Morgan fingerprint density at radius 1 is 1.33 bits per heavy atom. The number of hydrogen-bond acceptors (Lipinski definition) is 3. The van der Waals surface area contributed by atoms with Gasteiger partial charge in [-0.3, -0.25) is 9.59 Å². The van der Waals surface area contributed by atoms with Crippen LogP contribution in [0.4, 0.5) is 5.69 Å². The monoisotopic (exact) mass is 247 g/mol. The van der Waals surface area contributed by atoms with Crippen molar-refractivity contribution in [2.24, 2.45) is 0 Å². The van der Waals surface area contributed by atoms with Crippen LogP contribution in [0.1, 0.15) is 23.2 Å². The van der Waals surface area contributed by atoms with Crippen LogP contribution in [0.15, 0.2) is 24.3 Å². The number of rotatable bonds is 3. The number of carbonyl (C=O) groups excluding carboxylic acids is 2. The molecule has 96 valence electrons. The van der Waals surface area contributed by atoms with E-state index in [9.17, 15) is 9.59 Å². The lowest BCUT2D eigenvalue weighted by molar-refractivity contribution is -0.124. The number of benzene rings is 1. The summed E-state index contributed by atoms with van der Waals surface area (Å²) in [5.74, 6) is -0.304. The van der Waals surface area contributed by atoms with Gasteiger partial charge in [0.1, 0.15) is 6.04 Å². The third kappa shape index (κ3) is 2.80. The Kier molecular flexibility index (Phi) is 3.82. The SMILES string of the molecule is CNc1ccc(C(=O)NC2CCCNC2=O)cc1. The predicted octanol–water partition coefficient (Wildman–Crippen LogP) is 0.737. The van der Waals surface area contributed by atoms with Crippen molar-refractivity contribution in [3.05, 3.63) is 29.8 Å². The summed E-state index contributed by atoms with van der Waals surface area (Å²) in [5.41, 5.74) is 1.51. The predicted molar refractivity (Wildman–Crippen MR) is 69.5 cm³/mol. The number of piperidine rings is 1. The molecule has 1 heterocycles. The number of carbonyl (C=O) groups is 2. The molecule has 1 fully saturated rings.